The molecule has 4 rings (SSSR count). The van der Waals surface area contributed by atoms with Crippen LogP contribution in [0.2, 0.25) is 5.02 Å². The largest absolute Gasteiger partial charge is 0.369 e. The SMILES string of the molecule is Nc1nc2cccc(Cl)c2n1C1CCN2CCCC12. The Bertz CT molecular complexity index is 636. The first-order valence-electron chi connectivity index (χ1n) is 6.91. The Balaban J connectivity index is 1.89. The van der Waals surface area contributed by atoms with Crippen LogP contribution in [0, 0.1) is 0 Å². The van der Waals surface area contributed by atoms with Gasteiger partial charge in [-0.25, -0.2) is 4.98 Å². The predicted molar refractivity (Wildman–Crippen MR) is 77.4 cm³/mol. The van der Waals surface area contributed by atoms with Crippen molar-refractivity contribution in [3.05, 3.63) is 23.2 Å². The molecule has 3 heterocycles. The van der Waals surface area contributed by atoms with Gasteiger partial charge in [-0.15, -0.1) is 0 Å². The van der Waals surface area contributed by atoms with Gasteiger partial charge in [-0.2, -0.15) is 0 Å². The summed E-state index contributed by atoms with van der Waals surface area (Å²) < 4.78 is 2.17. The van der Waals surface area contributed by atoms with Gasteiger partial charge < -0.3 is 10.3 Å². The number of nitrogen functional groups attached to an aromatic ring is 1. The first-order chi connectivity index (χ1) is 9.25. The lowest BCUT2D eigenvalue weighted by molar-refractivity contribution is 0.293. The van der Waals surface area contributed by atoms with Crippen LogP contribution in [0.15, 0.2) is 18.2 Å². The molecule has 4 nitrogen and oxygen atoms in total. The van der Waals surface area contributed by atoms with Crippen LogP contribution in [0.25, 0.3) is 11.0 Å². The number of hydrogen-bond donors (Lipinski definition) is 1. The predicted octanol–water partition coefficient (Wildman–Crippen LogP) is 2.68. The zero-order valence-corrected chi connectivity index (χ0v) is 11.5. The van der Waals surface area contributed by atoms with Crippen molar-refractivity contribution >= 4 is 28.6 Å². The van der Waals surface area contributed by atoms with Crippen LogP contribution >= 0.6 is 11.6 Å². The van der Waals surface area contributed by atoms with Crippen LogP contribution in [0.1, 0.15) is 25.3 Å². The van der Waals surface area contributed by atoms with Gasteiger partial charge in [0.1, 0.15) is 0 Å². The fourth-order valence-electron chi connectivity index (χ4n) is 3.82. The van der Waals surface area contributed by atoms with E-state index in [1.807, 2.05) is 18.2 Å². The molecule has 1 aromatic heterocycles. The summed E-state index contributed by atoms with van der Waals surface area (Å²) in [5, 5.41) is 0.748. The van der Waals surface area contributed by atoms with Gasteiger partial charge in [0.25, 0.3) is 0 Å². The van der Waals surface area contributed by atoms with E-state index in [0.29, 0.717) is 18.0 Å². The highest BCUT2D eigenvalue weighted by Gasteiger charge is 2.39. The van der Waals surface area contributed by atoms with Crippen LogP contribution in [0.3, 0.4) is 0 Å². The van der Waals surface area contributed by atoms with Gasteiger partial charge in [0.15, 0.2) is 0 Å². The van der Waals surface area contributed by atoms with E-state index in [4.69, 9.17) is 17.3 Å². The average molecular weight is 277 g/mol. The Kier molecular flexibility index (Phi) is 2.50. The van der Waals surface area contributed by atoms with E-state index in [9.17, 15) is 0 Å². The Morgan fingerprint density at radius 3 is 3.00 bits per heavy atom. The molecule has 5 heteroatoms. The molecule has 19 heavy (non-hydrogen) atoms. The molecule has 2 aromatic rings. The smallest absolute Gasteiger partial charge is 0.201 e. The molecular weight excluding hydrogens is 260 g/mol. The number of benzene rings is 1. The third kappa shape index (κ3) is 1.60. The lowest BCUT2D eigenvalue weighted by atomic mass is 10.1. The van der Waals surface area contributed by atoms with E-state index in [-0.39, 0.29) is 0 Å². The molecule has 2 N–H and O–H groups in total. The second-order valence-corrected chi connectivity index (χ2v) is 5.96. The topological polar surface area (TPSA) is 47.1 Å². The zero-order valence-electron chi connectivity index (χ0n) is 10.7. The summed E-state index contributed by atoms with van der Waals surface area (Å²) in [4.78, 5) is 7.05. The number of imidazole rings is 1. The van der Waals surface area contributed by atoms with Crippen molar-refractivity contribution in [2.45, 2.75) is 31.3 Å². The summed E-state index contributed by atoms with van der Waals surface area (Å²) in [5.74, 6) is 0.599. The molecule has 1 aromatic carbocycles. The number of halogens is 1. The number of nitrogens with two attached hydrogens (primary N) is 1. The first-order valence-corrected chi connectivity index (χ1v) is 7.29. The molecule has 100 valence electrons. The molecular formula is C14H17ClN4. The molecule has 0 radical (unpaired) electrons. The Morgan fingerprint density at radius 2 is 2.11 bits per heavy atom. The summed E-state index contributed by atoms with van der Waals surface area (Å²) in [5.41, 5.74) is 8.06. The van der Waals surface area contributed by atoms with Crippen molar-refractivity contribution < 1.29 is 0 Å². The number of aromatic nitrogens is 2. The molecule has 2 unspecified atom stereocenters. The fourth-order valence-corrected chi connectivity index (χ4v) is 4.08. The van der Waals surface area contributed by atoms with Gasteiger partial charge in [-0.05, 0) is 37.9 Å². The quantitative estimate of drug-likeness (QED) is 0.871. The Labute approximate surface area is 117 Å². The molecule has 2 fully saturated rings. The van der Waals surface area contributed by atoms with Crippen molar-refractivity contribution in [2.24, 2.45) is 0 Å². The molecule has 2 saturated heterocycles. The van der Waals surface area contributed by atoms with Crippen LogP contribution in [0.4, 0.5) is 5.95 Å². The van der Waals surface area contributed by atoms with Crippen LogP contribution in [-0.4, -0.2) is 33.6 Å². The zero-order chi connectivity index (χ0) is 13.0. The fraction of sp³-hybridized carbons (Fsp3) is 0.500. The highest BCUT2D eigenvalue weighted by molar-refractivity contribution is 6.35. The van der Waals surface area contributed by atoms with Gasteiger partial charge in [0.05, 0.1) is 22.1 Å². The number of anilines is 1. The number of rotatable bonds is 1. The van der Waals surface area contributed by atoms with Crippen LogP contribution < -0.4 is 5.73 Å². The number of hydrogen-bond acceptors (Lipinski definition) is 3. The van der Waals surface area contributed by atoms with E-state index in [1.54, 1.807) is 0 Å². The first kappa shape index (κ1) is 11.6. The highest BCUT2D eigenvalue weighted by atomic mass is 35.5. The van der Waals surface area contributed by atoms with Gasteiger partial charge in [-0.1, -0.05) is 17.7 Å². The minimum absolute atomic E-state index is 0.424. The van der Waals surface area contributed by atoms with E-state index < -0.39 is 0 Å². The maximum absolute atomic E-state index is 6.37. The van der Waals surface area contributed by atoms with Crippen molar-refractivity contribution in [1.29, 1.82) is 0 Å². The number of nitrogens with zero attached hydrogens (tertiary/aromatic N) is 3. The highest BCUT2D eigenvalue weighted by Crippen LogP contribution is 2.40. The van der Waals surface area contributed by atoms with Crippen LogP contribution in [0.5, 0.6) is 0 Å². The monoisotopic (exact) mass is 276 g/mol. The molecule has 2 aliphatic rings. The number of fused-ring (bicyclic) bond motifs is 2. The minimum Gasteiger partial charge on any atom is -0.369 e. The second kappa shape index (κ2) is 4.12. The summed E-state index contributed by atoms with van der Waals surface area (Å²) in [7, 11) is 0. The van der Waals surface area contributed by atoms with Crippen molar-refractivity contribution in [1.82, 2.24) is 14.5 Å². The van der Waals surface area contributed by atoms with Crippen molar-refractivity contribution in [2.75, 3.05) is 18.8 Å². The molecule has 0 aliphatic carbocycles. The summed E-state index contributed by atoms with van der Waals surface area (Å²) in [6.45, 7) is 2.39. The summed E-state index contributed by atoms with van der Waals surface area (Å²) in [6, 6.07) is 6.86. The van der Waals surface area contributed by atoms with E-state index >= 15 is 0 Å². The molecule has 0 amide bonds. The van der Waals surface area contributed by atoms with Gasteiger partial charge in [0, 0.05) is 12.6 Å². The second-order valence-electron chi connectivity index (χ2n) is 5.55. The Morgan fingerprint density at radius 1 is 1.21 bits per heavy atom. The standard InChI is InChI=1S/C14H17ClN4/c15-9-3-1-4-10-13(9)19(14(16)17-10)12-6-8-18-7-2-5-11(12)18/h1,3-4,11-12H,2,5-8H2,(H2,16,17). The summed E-state index contributed by atoms with van der Waals surface area (Å²) >= 11 is 6.37. The Hall–Kier alpha value is -1.26. The third-order valence-corrected chi connectivity index (χ3v) is 4.90. The number of para-hydroxylation sites is 1. The molecule has 2 aliphatic heterocycles. The van der Waals surface area contributed by atoms with Crippen LogP contribution in [-0.2, 0) is 0 Å². The van der Waals surface area contributed by atoms with E-state index in [2.05, 4.69) is 14.5 Å². The molecule has 0 bridgehead atoms. The van der Waals surface area contributed by atoms with Crippen molar-refractivity contribution in [3.8, 4) is 0 Å². The van der Waals surface area contributed by atoms with Crippen molar-refractivity contribution in [3.63, 3.8) is 0 Å². The average Bonchev–Trinajstić information content (AvgIpc) is 3.02. The third-order valence-electron chi connectivity index (χ3n) is 4.59. The lowest BCUT2D eigenvalue weighted by Crippen LogP contribution is -2.28. The van der Waals surface area contributed by atoms with E-state index in [0.717, 1.165) is 22.5 Å². The molecule has 0 saturated carbocycles. The molecule has 0 spiro atoms. The van der Waals surface area contributed by atoms with Gasteiger partial charge in [-0.3, -0.25) is 4.90 Å². The summed E-state index contributed by atoms with van der Waals surface area (Å²) in [6.07, 6.45) is 3.70. The lowest BCUT2D eigenvalue weighted by Gasteiger charge is -2.23. The maximum Gasteiger partial charge on any atom is 0.201 e. The van der Waals surface area contributed by atoms with Gasteiger partial charge >= 0.3 is 0 Å². The normalized spacial score (nSPS) is 27.2. The van der Waals surface area contributed by atoms with Gasteiger partial charge in [0.2, 0.25) is 5.95 Å². The van der Waals surface area contributed by atoms with E-state index in [1.165, 1.54) is 25.9 Å². The minimum atomic E-state index is 0.424. The molecule has 2 atom stereocenters. The maximum atomic E-state index is 6.37.